The van der Waals surface area contributed by atoms with Crippen LogP contribution in [0.4, 0.5) is 0 Å². The van der Waals surface area contributed by atoms with Crippen LogP contribution in [0.2, 0.25) is 0 Å². The molecule has 0 aromatic rings. The number of hydrogen-bond acceptors (Lipinski definition) is 7. The molecular weight excluding hydrogens is 782 g/mol. The summed E-state index contributed by atoms with van der Waals surface area (Å²) in [5.41, 5.74) is 0. The summed E-state index contributed by atoms with van der Waals surface area (Å²) in [6.45, 7) is 5.29. The lowest BCUT2D eigenvalue weighted by Crippen LogP contribution is -2.37. The second kappa shape index (κ2) is 44.8. The quantitative estimate of drug-likeness (QED) is 0.0198. The fourth-order valence-electron chi connectivity index (χ4n) is 6.71. The minimum Gasteiger partial charge on any atom is -0.756 e. The monoisotopic (exact) mass is 878 g/mol. The van der Waals surface area contributed by atoms with Gasteiger partial charge < -0.3 is 27.9 Å². The third-order valence-electron chi connectivity index (χ3n) is 10.6. The standard InChI is InChI=1S/C52H96NO7P/c1-6-8-10-12-14-16-18-20-22-23-24-25-26-27-28-29-30-32-34-36-38-40-42-44-47-57-49-51(50-59-61(55,56)58-48-46-53(3,4)5)60-52(54)45-43-41-39-37-35-33-31-21-19-17-15-13-11-9-7-2/h8,10,14,16,20-22,24-25,31,51H,6-7,9,11-13,15,17-19,23,26-30,32-50H2,1-5H3/b10-8-,16-14-,22-20-,25-24-,31-21-. The first-order valence-corrected chi connectivity index (χ1v) is 26.5. The SMILES string of the molecule is CC/C=C\C/C=C\C/C=C\C/C=C\CCCCCCCCCCCCCOCC(COP(=O)([O-])OCC[N+](C)(C)C)OC(=O)CCCCCCC/C=C\CCCCCCCC. The van der Waals surface area contributed by atoms with Crippen LogP contribution in [0.5, 0.6) is 0 Å². The molecule has 0 fully saturated rings. The number of quaternary nitrogens is 1. The summed E-state index contributed by atoms with van der Waals surface area (Å²) in [5.74, 6) is -0.344. The van der Waals surface area contributed by atoms with Crippen LogP contribution in [-0.4, -0.2) is 70.7 Å². The van der Waals surface area contributed by atoms with Gasteiger partial charge in [0.2, 0.25) is 0 Å². The zero-order valence-corrected chi connectivity index (χ0v) is 41.2. The minimum atomic E-state index is -4.53. The van der Waals surface area contributed by atoms with E-state index in [0.29, 0.717) is 24.1 Å². The molecule has 0 saturated carbocycles. The van der Waals surface area contributed by atoms with Crippen molar-refractivity contribution in [2.24, 2.45) is 0 Å². The van der Waals surface area contributed by atoms with E-state index in [2.05, 4.69) is 74.6 Å². The number of carbonyl (C=O) groups excluding carboxylic acids is 1. The number of nitrogens with zero attached hydrogens (tertiary/aromatic N) is 1. The van der Waals surface area contributed by atoms with E-state index in [0.717, 1.165) is 70.6 Å². The number of likely N-dealkylation sites (N-methyl/N-ethyl adjacent to an activating group) is 1. The van der Waals surface area contributed by atoms with Gasteiger partial charge in [0.1, 0.15) is 19.3 Å². The highest BCUT2D eigenvalue weighted by Crippen LogP contribution is 2.38. The van der Waals surface area contributed by atoms with Crippen LogP contribution in [0.1, 0.15) is 206 Å². The molecule has 0 aliphatic carbocycles. The average molecular weight is 878 g/mol. The Morgan fingerprint density at radius 2 is 0.951 bits per heavy atom. The Hall–Kier alpha value is -1.80. The molecule has 0 aromatic carbocycles. The minimum absolute atomic E-state index is 0.0223. The lowest BCUT2D eigenvalue weighted by atomic mass is 10.1. The van der Waals surface area contributed by atoms with Crippen LogP contribution in [0.3, 0.4) is 0 Å². The largest absolute Gasteiger partial charge is 0.756 e. The number of ether oxygens (including phenoxy) is 2. The van der Waals surface area contributed by atoms with Crippen molar-refractivity contribution in [3.8, 4) is 0 Å². The number of phosphoric ester groups is 1. The molecule has 8 nitrogen and oxygen atoms in total. The van der Waals surface area contributed by atoms with E-state index in [-0.39, 0.29) is 25.8 Å². The van der Waals surface area contributed by atoms with Gasteiger partial charge in [-0.3, -0.25) is 9.36 Å². The van der Waals surface area contributed by atoms with Crippen molar-refractivity contribution in [3.63, 3.8) is 0 Å². The highest BCUT2D eigenvalue weighted by atomic mass is 31.2. The van der Waals surface area contributed by atoms with Gasteiger partial charge >= 0.3 is 5.97 Å². The van der Waals surface area contributed by atoms with E-state index in [4.69, 9.17) is 18.5 Å². The second-order valence-corrected chi connectivity index (χ2v) is 19.2. The van der Waals surface area contributed by atoms with Crippen molar-refractivity contribution < 1.29 is 37.3 Å². The fraction of sp³-hybridized carbons (Fsp3) is 0.788. The summed E-state index contributed by atoms with van der Waals surface area (Å²) in [4.78, 5) is 25.1. The molecule has 0 aliphatic heterocycles. The van der Waals surface area contributed by atoms with Crippen LogP contribution in [0.25, 0.3) is 0 Å². The van der Waals surface area contributed by atoms with Gasteiger partial charge in [0.15, 0.2) is 0 Å². The summed E-state index contributed by atoms with van der Waals surface area (Å²) in [5, 5.41) is 0. The van der Waals surface area contributed by atoms with Gasteiger partial charge in [0.05, 0.1) is 34.4 Å². The van der Waals surface area contributed by atoms with Crippen LogP contribution in [-0.2, 0) is 27.9 Å². The third-order valence-corrected chi connectivity index (χ3v) is 11.5. The number of rotatable bonds is 46. The molecule has 2 atom stereocenters. The van der Waals surface area contributed by atoms with E-state index in [9.17, 15) is 14.3 Å². The smallest absolute Gasteiger partial charge is 0.306 e. The van der Waals surface area contributed by atoms with Crippen molar-refractivity contribution in [1.82, 2.24) is 0 Å². The third kappa shape index (κ3) is 49.1. The Balaban J connectivity index is 4.13. The molecule has 0 rings (SSSR count). The zero-order chi connectivity index (χ0) is 44.8. The molecule has 9 heteroatoms. The van der Waals surface area contributed by atoms with Crippen LogP contribution >= 0.6 is 7.82 Å². The number of allylic oxidation sites excluding steroid dienone is 10. The highest BCUT2D eigenvalue weighted by molar-refractivity contribution is 7.45. The van der Waals surface area contributed by atoms with Crippen molar-refractivity contribution >= 4 is 13.8 Å². The molecule has 0 saturated heterocycles. The number of unbranched alkanes of at least 4 members (excludes halogenated alkanes) is 22. The first kappa shape index (κ1) is 59.2. The topological polar surface area (TPSA) is 94.1 Å². The van der Waals surface area contributed by atoms with Crippen LogP contribution in [0.15, 0.2) is 60.8 Å². The molecule has 0 bridgehead atoms. The molecule has 61 heavy (non-hydrogen) atoms. The molecule has 356 valence electrons. The van der Waals surface area contributed by atoms with Crippen molar-refractivity contribution in [1.29, 1.82) is 0 Å². The molecule has 2 unspecified atom stereocenters. The van der Waals surface area contributed by atoms with E-state index >= 15 is 0 Å². The predicted octanol–water partition coefficient (Wildman–Crippen LogP) is 14.6. The highest BCUT2D eigenvalue weighted by Gasteiger charge is 2.20. The average Bonchev–Trinajstić information content (AvgIpc) is 3.22. The predicted molar refractivity (Wildman–Crippen MR) is 259 cm³/mol. The fourth-order valence-corrected chi connectivity index (χ4v) is 7.44. The summed E-state index contributed by atoms with van der Waals surface area (Å²) in [6.07, 6.45) is 56.7. The molecular formula is C52H96NO7P. The summed E-state index contributed by atoms with van der Waals surface area (Å²) < 4.78 is 34.7. The van der Waals surface area contributed by atoms with Gasteiger partial charge in [0.25, 0.3) is 7.82 Å². The van der Waals surface area contributed by atoms with Gasteiger partial charge in [-0.1, -0.05) is 184 Å². The Kier molecular flexibility index (Phi) is 43.5. The van der Waals surface area contributed by atoms with Crippen LogP contribution in [0, 0.1) is 0 Å². The van der Waals surface area contributed by atoms with Gasteiger partial charge in [-0.05, 0) is 77.0 Å². The molecule has 0 spiro atoms. The summed E-state index contributed by atoms with van der Waals surface area (Å²) in [6, 6.07) is 0. The molecule has 0 radical (unpaired) electrons. The van der Waals surface area contributed by atoms with E-state index in [1.807, 2.05) is 21.1 Å². The molecule has 0 heterocycles. The van der Waals surface area contributed by atoms with E-state index in [1.165, 1.54) is 116 Å². The molecule has 0 N–H and O–H groups in total. The van der Waals surface area contributed by atoms with Crippen LogP contribution < -0.4 is 4.89 Å². The van der Waals surface area contributed by atoms with Gasteiger partial charge in [-0.15, -0.1) is 0 Å². The first-order chi connectivity index (χ1) is 29.6. The maximum absolute atomic E-state index is 12.7. The van der Waals surface area contributed by atoms with Crippen molar-refractivity contribution in [3.05, 3.63) is 60.8 Å². The van der Waals surface area contributed by atoms with Gasteiger partial charge in [-0.25, -0.2) is 0 Å². The molecule has 0 amide bonds. The Bertz CT molecular complexity index is 1160. The van der Waals surface area contributed by atoms with E-state index < -0.39 is 13.9 Å². The van der Waals surface area contributed by atoms with Gasteiger partial charge in [-0.2, -0.15) is 0 Å². The maximum atomic E-state index is 12.7. The molecule has 0 aromatic heterocycles. The van der Waals surface area contributed by atoms with E-state index in [1.54, 1.807) is 0 Å². The number of hydrogen-bond donors (Lipinski definition) is 0. The Morgan fingerprint density at radius 3 is 1.44 bits per heavy atom. The first-order valence-electron chi connectivity index (χ1n) is 25.0. The van der Waals surface area contributed by atoms with Gasteiger partial charge in [0, 0.05) is 13.0 Å². The summed E-state index contributed by atoms with van der Waals surface area (Å²) in [7, 11) is 1.35. The second-order valence-electron chi connectivity index (χ2n) is 17.8. The summed E-state index contributed by atoms with van der Waals surface area (Å²) >= 11 is 0. The van der Waals surface area contributed by atoms with Crippen molar-refractivity contribution in [2.75, 3.05) is 54.1 Å². The lowest BCUT2D eigenvalue weighted by molar-refractivity contribution is -0.870. The lowest BCUT2D eigenvalue weighted by Gasteiger charge is -2.28. The number of esters is 1. The Labute approximate surface area is 377 Å². The van der Waals surface area contributed by atoms with Crippen molar-refractivity contribution in [2.45, 2.75) is 213 Å². The number of phosphoric acid groups is 1. The Morgan fingerprint density at radius 1 is 0.525 bits per heavy atom. The molecule has 0 aliphatic rings. The zero-order valence-electron chi connectivity index (χ0n) is 40.4. The maximum Gasteiger partial charge on any atom is 0.306 e. The number of carbonyl (C=O) groups is 1. The normalized spacial score (nSPS) is 14.1.